The second-order valence-electron chi connectivity index (χ2n) is 6.95. The SMILES string of the molecule is N#C/C(C(=O)c1ccccc1Cl)=C1\C(Cc2cnc(Cl)s2)CCN1Cc1cnc(Cl)s1. The van der Waals surface area contributed by atoms with Gasteiger partial charge in [-0.1, -0.05) is 46.9 Å². The number of likely N-dealkylation sites (tertiary alicyclic amines) is 1. The fourth-order valence-electron chi connectivity index (χ4n) is 3.72. The number of hydrogen-bond acceptors (Lipinski definition) is 7. The number of carbonyl (C=O) groups excluding carboxylic acids is 1. The van der Waals surface area contributed by atoms with Crippen molar-refractivity contribution in [3.63, 3.8) is 0 Å². The second kappa shape index (κ2) is 9.68. The first-order chi connectivity index (χ1) is 15.0. The first-order valence-corrected chi connectivity index (χ1v) is 12.1. The van der Waals surface area contributed by atoms with Crippen LogP contribution in [0.3, 0.4) is 0 Å². The molecular formula is C21H15Cl3N4OS2. The number of carbonyl (C=O) groups is 1. The Balaban J connectivity index is 1.74. The minimum Gasteiger partial charge on any atom is -0.368 e. The molecule has 0 N–H and O–H groups in total. The number of thiazole rings is 2. The van der Waals surface area contributed by atoms with Crippen LogP contribution in [0.1, 0.15) is 26.5 Å². The van der Waals surface area contributed by atoms with Crippen LogP contribution < -0.4 is 0 Å². The first-order valence-electron chi connectivity index (χ1n) is 9.35. The van der Waals surface area contributed by atoms with Gasteiger partial charge < -0.3 is 4.90 Å². The second-order valence-corrected chi connectivity index (χ2v) is 10.8. The van der Waals surface area contributed by atoms with Crippen molar-refractivity contribution in [2.75, 3.05) is 6.54 Å². The van der Waals surface area contributed by atoms with E-state index in [0.29, 0.717) is 39.0 Å². The molecule has 1 saturated heterocycles. The van der Waals surface area contributed by atoms with Gasteiger partial charge in [0.25, 0.3) is 0 Å². The number of benzene rings is 1. The Morgan fingerprint density at radius 1 is 1.13 bits per heavy atom. The molecule has 4 rings (SSSR count). The van der Waals surface area contributed by atoms with E-state index in [4.69, 9.17) is 34.8 Å². The summed E-state index contributed by atoms with van der Waals surface area (Å²) in [5, 5.41) is 10.3. The minimum absolute atomic E-state index is 0.0130. The van der Waals surface area contributed by atoms with Crippen molar-refractivity contribution in [1.29, 1.82) is 5.26 Å². The molecule has 2 aromatic heterocycles. The number of rotatable bonds is 6. The topological polar surface area (TPSA) is 69.9 Å². The summed E-state index contributed by atoms with van der Waals surface area (Å²) < 4.78 is 0.936. The smallest absolute Gasteiger partial charge is 0.206 e. The molecule has 0 amide bonds. The number of nitrogens with zero attached hydrogens (tertiary/aromatic N) is 4. The zero-order chi connectivity index (χ0) is 22.0. The summed E-state index contributed by atoms with van der Waals surface area (Å²) in [6.07, 6.45) is 4.93. The van der Waals surface area contributed by atoms with Crippen molar-refractivity contribution in [1.82, 2.24) is 14.9 Å². The quantitative estimate of drug-likeness (QED) is 0.222. The molecular weight excluding hydrogens is 495 g/mol. The van der Waals surface area contributed by atoms with Crippen LogP contribution in [0, 0.1) is 17.2 Å². The van der Waals surface area contributed by atoms with Gasteiger partial charge in [-0.05, 0) is 25.0 Å². The van der Waals surface area contributed by atoms with Crippen LogP contribution >= 0.6 is 57.5 Å². The van der Waals surface area contributed by atoms with Gasteiger partial charge in [0, 0.05) is 45.9 Å². The zero-order valence-electron chi connectivity index (χ0n) is 16.0. The van der Waals surface area contributed by atoms with E-state index < -0.39 is 0 Å². The van der Waals surface area contributed by atoms with E-state index in [-0.39, 0.29) is 17.3 Å². The Labute approximate surface area is 202 Å². The molecule has 1 aliphatic heterocycles. The Hall–Kier alpha value is -1.95. The number of allylic oxidation sites excluding steroid dienone is 2. The lowest BCUT2D eigenvalue weighted by atomic mass is 9.93. The predicted molar refractivity (Wildman–Crippen MR) is 125 cm³/mol. The normalized spacial score (nSPS) is 17.6. The van der Waals surface area contributed by atoms with Crippen LogP contribution in [-0.2, 0) is 13.0 Å². The summed E-state index contributed by atoms with van der Waals surface area (Å²) in [5.41, 5.74) is 1.16. The van der Waals surface area contributed by atoms with E-state index >= 15 is 0 Å². The van der Waals surface area contributed by atoms with Gasteiger partial charge in [-0.2, -0.15) is 5.26 Å². The molecule has 5 nitrogen and oxygen atoms in total. The van der Waals surface area contributed by atoms with Gasteiger partial charge in [0.05, 0.1) is 11.6 Å². The van der Waals surface area contributed by atoms with E-state index in [9.17, 15) is 10.1 Å². The highest BCUT2D eigenvalue weighted by Crippen LogP contribution is 2.37. The lowest BCUT2D eigenvalue weighted by Crippen LogP contribution is -2.22. The molecule has 0 radical (unpaired) electrons. The molecule has 1 aliphatic rings. The molecule has 0 spiro atoms. The summed E-state index contributed by atoms with van der Waals surface area (Å²) >= 11 is 21.1. The van der Waals surface area contributed by atoms with Crippen molar-refractivity contribution >= 4 is 63.3 Å². The van der Waals surface area contributed by atoms with Gasteiger partial charge >= 0.3 is 0 Å². The molecule has 1 aromatic carbocycles. The summed E-state index contributed by atoms with van der Waals surface area (Å²) in [4.78, 5) is 25.6. The number of hydrogen-bond donors (Lipinski definition) is 0. The van der Waals surface area contributed by atoms with E-state index in [1.807, 2.05) is 0 Å². The van der Waals surface area contributed by atoms with Crippen molar-refractivity contribution < 1.29 is 4.79 Å². The Kier molecular flexibility index (Phi) is 6.95. The number of halogens is 3. The van der Waals surface area contributed by atoms with Gasteiger partial charge in [0.2, 0.25) is 5.78 Å². The van der Waals surface area contributed by atoms with Crippen LogP contribution in [0.25, 0.3) is 0 Å². The maximum Gasteiger partial charge on any atom is 0.206 e. The summed E-state index contributed by atoms with van der Waals surface area (Å²) in [6.45, 7) is 1.24. The average Bonchev–Trinajstić information content (AvgIpc) is 3.45. The van der Waals surface area contributed by atoms with E-state index in [1.54, 1.807) is 36.7 Å². The van der Waals surface area contributed by atoms with Gasteiger partial charge in [-0.15, -0.1) is 22.7 Å². The summed E-state index contributed by atoms with van der Waals surface area (Å²) in [7, 11) is 0. The average molecular weight is 510 g/mol. The highest BCUT2D eigenvalue weighted by molar-refractivity contribution is 7.16. The van der Waals surface area contributed by atoms with Gasteiger partial charge in [-0.3, -0.25) is 4.79 Å². The van der Waals surface area contributed by atoms with Crippen LogP contribution in [0.15, 0.2) is 47.9 Å². The highest BCUT2D eigenvalue weighted by atomic mass is 35.5. The Morgan fingerprint density at radius 2 is 1.81 bits per heavy atom. The van der Waals surface area contributed by atoms with E-state index in [0.717, 1.165) is 21.9 Å². The Bertz CT molecular complexity index is 1140. The van der Waals surface area contributed by atoms with Crippen molar-refractivity contribution in [3.8, 4) is 6.07 Å². The largest absolute Gasteiger partial charge is 0.368 e. The van der Waals surface area contributed by atoms with Gasteiger partial charge in [0.15, 0.2) is 8.93 Å². The van der Waals surface area contributed by atoms with Crippen LogP contribution in [0.2, 0.25) is 14.0 Å². The molecule has 10 heteroatoms. The van der Waals surface area contributed by atoms with E-state index in [1.165, 1.54) is 22.7 Å². The first kappa shape index (κ1) is 22.3. The molecule has 1 atom stereocenters. The molecule has 0 saturated carbocycles. The zero-order valence-corrected chi connectivity index (χ0v) is 19.9. The molecule has 0 aliphatic carbocycles. The third-order valence-electron chi connectivity index (χ3n) is 5.03. The summed E-state index contributed by atoms with van der Waals surface area (Å²) in [6, 6.07) is 8.95. The minimum atomic E-state index is -0.371. The Morgan fingerprint density at radius 3 is 2.42 bits per heavy atom. The molecule has 3 heterocycles. The maximum absolute atomic E-state index is 13.3. The van der Waals surface area contributed by atoms with Crippen molar-refractivity contribution in [2.24, 2.45) is 5.92 Å². The summed E-state index contributed by atoms with van der Waals surface area (Å²) in [5.74, 6) is -0.384. The van der Waals surface area contributed by atoms with Crippen LogP contribution in [-0.4, -0.2) is 27.2 Å². The third-order valence-corrected chi connectivity index (χ3v) is 7.60. The van der Waals surface area contributed by atoms with Crippen molar-refractivity contribution in [3.05, 3.63) is 77.2 Å². The fourth-order valence-corrected chi connectivity index (χ4v) is 6.00. The molecule has 1 unspecified atom stereocenters. The maximum atomic E-state index is 13.3. The molecule has 0 bridgehead atoms. The van der Waals surface area contributed by atoms with Crippen LogP contribution in [0.5, 0.6) is 0 Å². The number of ketones is 1. The number of Topliss-reactive ketones (excluding diaryl/α,β-unsaturated/α-hetero) is 1. The number of nitriles is 1. The highest BCUT2D eigenvalue weighted by Gasteiger charge is 2.34. The molecule has 1 fully saturated rings. The van der Waals surface area contributed by atoms with Crippen LogP contribution in [0.4, 0.5) is 0 Å². The third kappa shape index (κ3) is 4.94. The standard InChI is InChI=1S/C21H15Cl3N4OS2/c22-17-4-2-1-3-15(17)19(29)16(8-25)18-12(7-13-9-26-20(23)30-13)5-6-28(18)11-14-10-27-21(24)31-14/h1-4,9-10,12H,5-7,11H2/b18-16-. The predicted octanol–water partition coefficient (Wildman–Crippen LogP) is 6.28. The van der Waals surface area contributed by atoms with Crippen molar-refractivity contribution in [2.45, 2.75) is 19.4 Å². The fraction of sp³-hybridized carbons (Fsp3) is 0.238. The van der Waals surface area contributed by atoms with E-state index in [2.05, 4.69) is 20.9 Å². The number of aromatic nitrogens is 2. The lowest BCUT2D eigenvalue weighted by Gasteiger charge is -2.23. The molecule has 158 valence electrons. The molecule has 31 heavy (non-hydrogen) atoms. The molecule has 3 aromatic rings. The monoisotopic (exact) mass is 508 g/mol. The van der Waals surface area contributed by atoms with Gasteiger partial charge in [0.1, 0.15) is 11.6 Å². The van der Waals surface area contributed by atoms with Gasteiger partial charge in [-0.25, -0.2) is 9.97 Å². The lowest BCUT2D eigenvalue weighted by molar-refractivity contribution is 0.103.